The number of rotatable bonds is 1. The first kappa shape index (κ1) is 11.5. The van der Waals surface area contributed by atoms with Crippen LogP contribution in [-0.2, 0) is 12.8 Å². The first-order valence-corrected chi connectivity index (χ1v) is 5.34. The lowest BCUT2D eigenvalue weighted by atomic mass is 9.95. The minimum Gasteiger partial charge on any atom is -0.317 e. The molecule has 0 saturated heterocycles. The van der Waals surface area contributed by atoms with Crippen LogP contribution < -0.4 is 5.32 Å². The van der Waals surface area contributed by atoms with E-state index in [1.54, 1.807) is 11.3 Å². The summed E-state index contributed by atoms with van der Waals surface area (Å²) in [5.74, 6) is 0. The van der Waals surface area contributed by atoms with Crippen molar-refractivity contribution in [2.45, 2.75) is 25.3 Å². The third kappa shape index (κ3) is 2.09. The highest BCUT2D eigenvalue weighted by atomic mass is 35.5. The molecule has 1 aliphatic rings. The van der Waals surface area contributed by atoms with E-state index in [0.29, 0.717) is 6.04 Å². The molecule has 0 aromatic carbocycles. The number of fused-ring (bicyclic) bond motifs is 1. The number of nitrogens with one attached hydrogen (secondary N) is 1. The Morgan fingerprint density at radius 2 is 2.43 bits per heavy atom. The number of thiophene rings is 1. The second-order valence-electron chi connectivity index (χ2n) is 3.40. The Hall–Kier alpha value is -0.560. The fraction of sp³-hybridized carbons (Fsp3) is 0.500. The van der Waals surface area contributed by atoms with Gasteiger partial charge in [0.25, 0.3) is 0 Å². The Morgan fingerprint density at radius 3 is 3.07 bits per heavy atom. The van der Waals surface area contributed by atoms with Crippen LogP contribution in [-0.4, -0.2) is 13.1 Å². The van der Waals surface area contributed by atoms with E-state index < -0.39 is 0 Å². The molecule has 0 radical (unpaired) electrons. The Balaban J connectivity index is 0.000000980. The summed E-state index contributed by atoms with van der Waals surface area (Å²) in [5, 5.41) is 12.1. The molecular formula is C10H13ClN2S. The van der Waals surface area contributed by atoms with Crippen LogP contribution in [0.1, 0.15) is 21.7 Å². The normalized spacial score (nSPS) is 19.3. The zero-order valence-electron chi connectivity index (χ0n) is 8.04. The lowest BCUT2D eigenvalue weighted by molar-refractivity contribution is 0.501. The number of hydrogen-bond donors (Lipinski definition) is 1. The van der Waals surface area contributed by atoms with E-state index in [9.17, 15) is 0 Å². The molecule has 1 N–H and O–H groups in total. The molecule has 0 bridgehead atoms. The molecule has 0 aliphatic heterocycles. The molecule has 0 saturated carbocycles. The minimum atomic E-state index is 0. The molecule has 76 valence electrons. The zero-order chi connectivity index (χ0) is 9.26. The van der Waals surface area contributed by atoms with Gasteiger partial charge in [-0.1, -0.05) is 0 Å². The Kier molecular flexibility index (Phi) is 3.94. The second-order valence-corrected chi connectivity index (χ2v) is 4.54. The number of halogens is 1. The van der Waals surface area contributed by atoms with Gasteiger partial charge in [-0.3, -0.25) is 0 Å². The third-order valence-corrected chi connectivity index (χ3v) is 3.71. The summed E-state index contributed by atoms with van der Waals surface area (Å²) in [6, 6.07) is 4.87. The van der Waals surface area contributed by atoms with Crippen LogP contribution >= 0.6 is 23.7 Å². The van der Waals surface area contributed by atoms with Gasteiger partial charge >= 0.3 is 0 Å². The van der Waals surface area contributed by atoms with Crippen molar-refractivity contribution in [3.8, 4) is 6.07 Å². The highest BCUT2D eigenvalue weighted by Crippen LogP contribution is 2.29. The van der Waals surface area contributed by atoms with Gasteiger partial charge in [-0.2, -0.15) is 5.26 Å². The molecule has 1 heterocycles. The molecule has 0 amide bonds. The average Bonchev–Trinajstić information content (AvgIpc) is 2.58. The maximum Gasteiger partial charge on any atom is 0.110 e. The molecule has 1 aliphatic carbocycles. The highest BCUT2D eigenvalue weighted by molar-refractivity contribution is 7.12. The average molecular weight is 229 g/mol. The Morgan fingerprint density at radius 1 is 1.64 bits per heavy atom. The van der Waals surface area contributed by atoms with E-state index >= 15 is 0 Å². The predicted octanol–water partition coefficient (Wildman–Crippen LogP) is 2.12. The number of nitriles is 1. The fourth-order valence-electron chi connectivity index (χ4n) is 1.81. The first-order valence-electron chi connectivity index (χ1n) is 4.52. The van der Waals surface area contributed by atoms with Crippen LogP contribution in [0, 0.1) is 11.3 Å². The summed E-state index contributed by atoms with van der Waals surface area (Å²) < 4.78 is 0. The number of hydrogen-bond acceptors (Lipinski definition) is 3. The van der Waals surface area contributed by atoms with Gasteiger partial charge in [-0.25, -0.2) is 0 Å². The first-order chi connectivity index (χ1) is 6.33. The van der Waals surface area contributed by atoms with Crippen LogP contribution in [0.3, 0.4) is 0 Å². The summed E-state index contributed by atoms with van der Waals surface area (Å²) >= 11 is 1.65. The summed E-state index contributed by atoms with van der Waals surface area (Å²) in [4.78, 5) is 2.27. The van der Waals surface area contributed by atoms with E-state index in [1.807, 2.05) is 13.1 Å². The van der Waals surface area contributed by atoms with Crippen molar-refractivity contribution >= 4 is 23.7 Å². The van der Waals surface area contributed by atoms with Gasteiger partial charge in [0, 0.05) is 10.9 Å². The molecule has 1 atom stereocenters. The maximum absolute atomic E-state index is 8.75. The summed E-state index contributed by atoms with van der Waals surface area (Å²) in [6.07, 6.45) is 3.42. The van der Waals surface area contributed by atoms with Crippen LogP contribution in [0.5, 0.6) is 0 Å². The zero-order valence-corrected chi connectivity index (χ0v) is 9.67. The van der Waals surface area contributed by atoms with Gasteiger partial charge in [-0.15, -0.1) is 23.7 Å². The van der Waals surface area contributed by atoms with Crippen molar-refractivity contribution in [1.82, 2.24) is 5.32 Å². The van der Waals surface area contributed by atoms with Crippen LogP contribution in [0.4, 0.5) is 0 Å². The van der Waals surface area contributed by atoms with E-state index in [4.69, 9.17) is 5.26 Å². The molecule has 1 aromatic rings. The SMILES string of the molecule is CNC1CCc2cc(C#N)sc2C1.Cl. The predicted molar refractivity (Wildman–Crippen MR) is 61.2 cm³/mol. The Labute approximate surface area is 94.4 Å². The van der Waals surface area contributed by atoms with Crippen molar-refractivity contribution in [1.29, 1.82) is 5.26 Å². The summed E-state index contributed by atoms with van der Waals surface area (Å²) in [6.45, 7) is 0. The molecule has 4 heteroatoms. The monoisotopic (exact) mass is 228 g/mol. The van der Waals surface area contributed by atoms with Gasteiger partial charge in [0.05, 0.1) is 0 Å². The van der Waals surface area contributed by atoms with Crippen molar-refractivity contribution in [2.24, 2.45) is 0 Å². The third-order valence-electron chi connectivity index (χ3n) is 2.61. The van der Waals surface area contributed by atoms with Gasteiger partial charge in [0.2, 0.25) is 0 Å². The van der Waals surface area contributed by atoms with Crippen molar-refractivity contribution in [2.75, 3.05) is 7.05 Å². The highest BCUT2D eigenvalue weighted by Gasteiger charge is 2.19. The largest absolute Gasteiger partial charge is 0.317 e. The minimum absolute atomic E-state index is 0. The number of nitrogens with zero attached hydrogens (tertiary/aromatic N) is 1. The molecule has 2 nitrogen and oxygen atoms in total. The lowest BCUT2D eigenvalue weighted by Crippen LogP contribution is -2.30. The molecule has 0 spiro atoms. The van der Waals surface area contributed by atoms with Gasteiger partial charge in [0.15, 0.2) is 0 Å². The lowest BCUT2D eigenvalue weighted by Gasteiger charge is -2.20. The van der Waals surface area contributed by atoms with Crippen molar-refractivity contribution in [3.63, 3.8) is 0 Å². The van der Waals surface area contributed by atoms with Crippen LogP contribution in [0.2, 0.25) is 0 Å². The van der Waals surface area contributed by atoms with Gasteiger partial charge in [-0.05, 0) is 37.9 Å². The summed E-state index contributed by atoms with van der Waals surface area (Å²) in [7, 11) is 2.01. The van der Waals surface area contributed by atoms with Gasteiger partial charge < -0.3 is 5.32 Å². The molecule has 2 rings (SSSR count). The van der Waals surface area contributed by atoms with Gasteiger partial charge in [0.1, 0.15) is 10.9 Å². The Bertz CT molecular complexity index is 353. The van der Waals surface area contributed by atoms with Crippen LogP contribution in [0.25, 0.3) is 0 Å². The maximum atomic E-state index is 8.75. The molecular weight excluding hydrogens is 216 g/mol. The van der Waals surface area contributed by atoms with E-state index in [-0.39, 0.29) is 12.4 Å². The summed E-state index contributed by atoms with van der Waals surface area (Å²) in [5.41, 5.74) is 1.40. The van der Waals surface area contributed by atoms with Crippen molar-refractivity contribution < 1.29 is 0 Å². The standard InChI is InChI=1S/C10H12N2S.ClH/c1-12-8-3-2-7-4-9(6-11)13-10(7)5-8;/h4,8,12H,2-3,5H2,1H3;1H. The topological polar surface area (TPSA) is 35.8 Å². The smallest absolute Gasteiger partial charge is 0.110 e. The van der Waals surface area contributed by atoms with Crippen LogP contribution in [0.15, 0.2) is 6.07 Å². The molecule has 1 aromatic heterocycles. The molecule has 14 heavy (non-hydrogen) atoms. The van der Waals surface area contributed by atoms with E-state index in [1.165, 1.54) is 16.9 Å². The quantitative estimate of drug-likeness (QED) is 0.800. The number of aryl methyl sites for hydroxylation is 1. The van der Waals surface area contributed by atoms with E-state index in [2.05, 4.69) is 11.4 Å². The van der Waals surface area contributed by atoms with Crippen molar-refractivity contribution in [3.05, 3.63) is 21.4 Å². The second kappa shape index (κ2) is 4.79. The number of likely N-dealkylation sites (N-methyl/N-ethyl adjacent to an activating group) is 1. The molecule has 0 fully saturated rings. The fourth-order valence-corrected chi connectivity index (χ4v) is 2.90. The molecule has 1 unspecified atom stereocenters. The van der Waals surface area contributed by atoms with E-state index in [0.717, 1.165) is 17.7 Å².